The summed E-state index contributed by atoms with van der Waals surface area (Å²) in [5.74, 6) is -0.652. The second kappa shape index (κ2) is 34.4. The lowest BCUT2D eigenvalue weighted by Gasteiger charge is -2.24. The number of aliphatic hydroxyl groups is 2. The molecule has 1 amide bonds. The van der Waals surface area contributed by atoms with Crippen LogP contribution in [0.5, 0.6) is 0 Å². The van der Waals surface area contributed by atoms with Crippen LogP contribution < -0.4 is 11.1 Å². The highest BCUT2D eigenvalue weighted by Gasteiger charge is 2.28. The number of nitrogens with one attached hydrogen (secondary N) is 1. The molecule has 9 nitrogen and oxygen atoms in total. The van der Waals surface area contributed by atoms with Gasteiger partial charge >= 0.3 is 7.82 Å². The quantitative estimate of drug-likeness (QED) is 0.0246. The van der Waals surface area contributed by atoms with Crippen LogP contribution in [0, 0.1) is 0 Å². The van der Waals surface area contributed by atoms with Crippen molar-refractivity contribution in [1.82, 2.24) is 5.32 Å². The average Bonchev–Trinajstić information content (AvgIpc) is 3.07. The van der Waals surface area contributed by atoms with E-state index in [0.29, 0.717) is 6.42 Å². The molecule has 0 aromatic rings. The summed E-state index contributed by atoms with van der Waals surface area (Å²) in [4.78, 5) is 22.6. The summed E-state index contributed by atoms with van der Waals surface area (Å²) in [5.41, 5.74) is 5.33. The van der Waals surface area contributed by atoms with Gasteiger partial charge in [0.25, 0.3) is 0 Å². The first-order chi connectivity index (χ1) is 23.3. The lowest BCUT2D eigenvalue weighted by molar-refractivity contribution is -0.131. The molecule has 4 atom stereocenters. The van der Waals surface area contributed by atoms with Gasteiger partial charge in [-0.15, -0.1) is 0 Å². The molecule has 284 valence electrons. The Morgan fingerprint density at radius 3 is 1.65 bits per heavy atom. The number of nitrogens with two attached hydrogens (primary N) is 1. The Balaban J connectivity index is 4.31. The third-order valence-corrected chi connectivity index (χ3v) is 9.68. The molecule has 0 saturated heterocycles. The molecule has 2 unspecified atom stereocenters. The van der Waals surface area contributed by atoms with E-state index in [9.17, 15) is 24.5 Å². The number of phosphoric acid groups is 1. The van der Waals surface area contributed by atoms with Gasteiger partial charge in [0, 0.05) is 6.54 Å². The first-order valence-corrected chi connectivity index (χ1v) is 21.1. The Bertz CT molecular complexity index is 827. The number of rotatable bonds is 36. The van der Waals surface area contributed by atoms with Crippen molar-refractivity contribution in [1.29, 1.82) is 0 Å². The SMILES string of the molecule is CCCCCCC/C=C/C=C/[C@@H](O)[C@H](COP(=O)(O)OCCN)NC(=O)C(O)CCCCCCCCCCCCCCCCCCCC. The first kappa shape index (κ1) is 46.9. The van der Waals surface area contributed by atoms with Crippen LogP contribution >= 0.6 is 7.82 Å². The van der Waals surface area contributed by atoms with Gasteiger partial charge < -0.3 is 26.2 Å². The van der Waals surface area contributed by atoms with Crippen molar-refractivity contribution < 1.29 is 33.5 Å². The molecular formula is C38H75N2O7P. The zero-order chi connectivity index (χ0) is 35.6. The van der Waals surface area contributed by atoms with Gasteiger partial charge in [0.1, 0.15) is 6.10 Å². The van der Waals surface area contributed by atoms with E-state index in [-0.39, 0.29) is 13.2 Å². The summed E-state index contributed by atoms with van der Waals surface area (Å²) in [5, 5.41) is 23.8. The van der Waals surface area contributed by atoms with Crippen LogP contribution in [-0.4, -0.2) is 59.0 Å². The van der Waals surface area contributed by atoms with Crippen LogP contribution in [0.3, 0.4) is 0 Å². The molecule has 0 radical (unpaired) electrons. The second-order valence-corrected chi connectivity index (χ2v) is 14.8. The van der Waals surface area contributed by atoms with Gasteiger partial charge in [0.05, 0.1) is 25.4 Å². The van der Waals surface area contributed by atoms with Gasteiger partial charge in [-0.3, -0.25) is 13.8 Å². The van der Waals surface area contributed by atoms with E-state index in [1.54, 1.807) is 6.08 Å². The standard InChI is InChI=1S/C38H75N2O7P/c1-3-5-7-9-11-13-14-15-16-17-18-19-20-21-23-25-27-29-31-37(42)38(43)40-35(34-47-48(44,45)46-33-32-39)36(41)30-28-26-24-22-12-10-8-6-4-2/h24,26,28,30,35-37,41-42H,3-23,25,27,29,31-34,39H2,1-2H3,(H,40,43)(H,44,45)/b26-24+,30-28+/t35-,36+,37?/m0/s1. The molecule has 0 rings (SSSR count). The van der Waals surface area contributed by atoms with Crippen LogP contribution in [0.1, 0.15) is 174 Å². The van der Waals surface area contributed by atoms with E-state index >= 15 is 0 Å². The number of hydrogen-bond donors (Lipinski definition) is 5. The average molecular weight is 703 g/mol. The summed E-state index contributed by atoms with van der Waals surface area (Å²) < 4.78 is 21.9. The molecule has 0 aliphatic heterocycles. The van der Waals surface area contributed by atoms with Crippen molar-refractivity contribution in [3.05, 3.63) is 24.3 Å². The van der Waals surface area contributed by atoms with E-state index in [0.717, 1.165) is 32.1 Å². The lowest BCUT2D eigenvalue weighted by Crippen LogP contribution is -2.49. The van der Waals surface area contributed by atoms with Gasteiger partial charge in [-0.25, -0.2) is 4.57 Å². The number of aliphatic hydroxyl groups excluding tert-OH is 2. The van der Waals surface area contributed by atoms with Gasteiger partial charge in [-0.1, -0.05) is 179 Å². The lowest BCUT2D eigenvalue weighted by atomic mass is 10.0. The number of phosphoric ester groups is 1. The summed E-state index contributed by atoms with van der Waals surface area (Å²) in [6.45, 7) is 3.84. The molecule has 0 aliphatic carbocycles. The molecule has 6 N–H and O–H groups in total. The van der Waals surface area contributed by atoms with E-state index in [1.165, 1.54) is 128 Å². The molecular weight excluding hydrogens is 627 g/mol. The number of amides is 1. The van der Waals surface area contributed by atoms with E-state index in [1.807, 2.05) is 12.2 Å². The second-order valence-electron chi connectivity index (χ2n) is 13.3. The Hall–Kier alpha value is -1.06. The highest BCUT2D eigenvalue weighted by atomic mass is 31.2. The fourth-order valence-corrected chi connectivity index (χ4v) is 6.37. The molecule has 0 fully saturated rings. The van der Waals surface area contributed by atoms with Gasteiger partial charge in [0.2, 0.25) is 5.91 Å². The number of carbonyl (C=O) groups is 1. The Kier molecular flexibility index (Phi) is 33.6. The highest BCUT2D eigenvalue weighted by molar-refractivity contribution is 7.47. The minimum atomic E-state index is -4.41. The van der Waals surface area contributed by atoms with Crippen LogP contribution in [0.2, 0.25) is 0 Å². The van der Waals surface area contributed by atoms with Crippen LogP contribution in [0.4, 0.5) is 0 Å². The van der Waals surface area contributed by atoms with Crippen molar-refractivity contribution in [2.45, 2.75) is 193 Å². The maximum atomic E-state index is 12.7. The van der Waals surface area contributed by atoms with Gasteiger partial charge in [0.15, 0.2) is 0 Å². The van der Waals surface area contributed by atoms with Gasteiger partial charge in [-0.2, -0.15) is 0 Å². The number of hydrogen-bond acceptors (Lipinski definition) is 7. The number of carbonyl (C=O) groups excluding carboxylic acids is 1. The van der Waals surface area contributed by atoms with Crippen molar-refractivity contribution in [3.63, 3.8) is 0 Å². The molecule has 0 saturated carbocycles. The van der Waals surface area contributed by atoms with E-state index in [2.05, 4.69) is 19.2 Å². The fraction of sp³-hybridized carbons (Fsp3) is 0.868. The Morgan fingerprint density at radius 2 is 1.17 bits per heavy atom. The van der Waals surface area contributed by atoms with Gasteiger partial charge in [-0.05, 0) is 19.3 Å². The smallest absolute Gasteiger partial charge is 0.387 e. The normalized spacial score (nSPS) is 15.2. The van der Waals surface area contributed by atoms with Crippen LogP contribution in [-0.2, 0) is 18.4 Å². The molecule has 0 spiro atoms. The minimum absolute atomic E-state index is 0.0377. The Labute approximate surface area is 294 Å². The molecule has 48 heavy (non-hydrogen) atoms. The van der Waals surface area contributed by atoms with Crippen LogP contribution in [0.15, 0.2) is 24.3 Å². The minimum Gasteiger partial charge on any atom is -0.387 e. The predicted molar refractivity (Wildman–Crippen MR) is 200 cm³/mol. The summed E-state index contributed by atoms with van der Waals surface area (Å²) in [7, 11) is -4.41. The third kappa shape index (κ3) is 31.0. The largest absolute Gasteiger partial charge is 0.472 e. The summed E-state index contributed by atoms with van der Waals surface area (Å²) in [6, 6.07) is -1.06. The van der Waals surface area contributed by atoms with Crippen molar-refractivity contribution in [2.24, 2.45) is 5.73 Å². The monoisotopic (exact) mass is 703 g/mol. The number of unbranched alkanes of at least 4 members (excludes halogenated alkanes) is 22. The molecule has 0 heterocycles. The van der Waals surface area contributed by atoms with E-state index in [4.69, 9.17) is 14.8 Å². The van der Waals surface area contributed by atoms with Crippen molar-refractivity contribution in [3.8, 4) is 0 Å². The summed E-state index contributed by atoms with van der Waals surface area (Å²) in [6.07, 6.45) is 34.6. The topological polar surface area (TPSA) is 151 Å². The maximum Gasteiger partial charge on any atom is 0.472 e. The molecule has 0 bridgehead atoms. The molecule has 0 aromatic heterocycles. The van der Waals surface area contributed by atoms with Crippen LogP contribution in [0.25, 0.3) is 0 Å². The number of allylic oxidation sites excluding steroid dienone is 3. The molecule has 0 aromatic carbocycles. The third-order valence-electron chi connectivity index (χ3n) is 8.69. The zero-order valence-corrected chi connectivity index (χ0v) is 31.7. The van der Waals surface area contributed by atoms with Crippen molar-refractivity contribution >= 4 is 13.7 Å². The highest BCUT2D eigenvalue weighted by Crippen LogP contribution is 2.43. The Morgan fingerprint density at radius 1 is 0.708 bits per heavy atom. The first-order valence-electron chi connectivity index (χ1n) is 19.6. The van der Waals surface area contributed by atoms with Crippen molar-refractivity contribution in [2.75, 3.05) is 19.8 Å². The zero-order valence-electron chi connectivity index (χ0n) is 30.8. The maximum absolute atomic E-state index is 12.7. The molecule has 10 heteroatoms. The molecule has 0 aliphatic rings. The summed E-state index contributed by atoms with van der Waals surface area (Å²) >= 11 is 0. The van der Waals surface area contributed by atoms with E-state index < -0.39 is 38.6 Å². The fourth-order valence-electron chi connectivity index (χ4n) is 5.61. The predicted octanol–water partition coefficient (Wildman–Crippen LogP) is 9.19.